The molecule has 1 spiro atoms. The Kier molecular flexibility index (Phi) is 6.38. The summed E-state index contributed by atoms with van der Waals surface area (Å²) in [5.41, 5.74) is 4.37. The summed E-state index contributed by atoms with van der Waals surface area (Å²) < 4.78 is 1.88. The van der Waals surface area contributed by atoms with E-state index in [2.05, 4.69) is 65.3 Å². The van der Waals surface area contributed by atoms with Gasteiger partial charge in [0.15, 0.2) is 0 Å². The zero-order valence-corrected chi connectivity index (χ0v) is 18.1. The lowest BCUT2D eigenvalue weighted by atomic mass is 9.68. The first-order valence-corrected chi connectivity index (χ1v) is 11.2. The molecule has 2 saturated heterocycles. The maximum atomic E-state index is 9.15. The predicted molar refractivity (Wildman–Crippen MR) is 117 cm³/mol. The molecular formula is C24H36N4O. The third kappa shape index (κ3) is 4.73. The van der Waals surface area contributed by atoms with Gasteiger partial charge in [-0.15, -0.1) is 0 Å². The van der Waals surface area contributed by atoms with Crippen molar-refractivity contribution in [3.63, 3.8) is 0 Å². The number of likely N-dealkylation sites (tertiary alicyclic amines) is 2. The average molecular weight is 397 g/mol. The van der Waals surface area contributed by atoms with Crippen LogP contribution in [0, 0.1) is 12.3 Å². The third-order valence-corrected chi connectivity index (χ3v) is 7.12. The Hall–Kier alpha value is -1.69. The van der Waals surface area contributed by atoms with Crippen LogP contribution in [-0.2, 0) is 13.1 Å². The molecule has 1 atom stereocenters. The monoisotopic (exact) mass is 396 g/mol. The van der Waals surface area contributed by atoms with Crippen LogP contribution in [0.2, 0.25) is 0 Å². The number of benzene rings is 1. The summed E-state index contributed by atoms with van der Waals surface area (Å²) in [5, 5.41) is 13.7. The SMILES string of the molecule is CCN1C[C@@H](c2ccccc2)CC2(CCN(Cc3cn(CCO)nc3C)CC2)C1. The molecule has 0 saturated carbocycles. The van der Waals surface area contributed by atoms with Crippen molar-refractivity contribution >= 4 is 0 Å². The molecule has 29 heavy (non-hydrogen) atoms. The Labute approximate surface area is 175 Å². The lowest BCUT2D eigenvalue weighted by Gasteiger charge is -2.50. The molecule has 1 aromatic heterocycles. The van der Waals surface area contributed by atoms with E-state index < -0.39 is 0 Å². The number of hydrogen-bond acceptors (Lipinski definition) is 4. The van der Waals surface area contributed by atoms with Gasteiger partial charge in [-0.25, -0.2) is 0 Å². The Bertz CT molecular complexity index is 779. The molecule has 3 heterocycles. The van der Waals surface area contributed by atoms with Gasteiger partial charge in [0, 0.05) is 31.4 Å². The molecule has 0 bridgehead atoms. The lowest BCUT2D eigenvalue weighted by Crippen LogP contribution is -2.51. The van der Waals surface area contributed by atoms with Crippen molar-refractivity contribution in [2.75, 3.05) is 39.3 Å². The number of aliphatic hydroxyl groups is 1. The van der Waals surface area contributed by atoms with E-state index in [-0.39, 0.29) is 6.61 Å². The van der Waals surface area contributed by atoms with Gasteiger partial charge in [0.1, 0.15) is 0 Å². The molecule has 2 fully saturated rings. The number of aryl methyl sites for hydroxylation is 1. The molecule has 1 aromatic carbocycles. The first kappa shape index (κ1) is 20.6. The minimum absolute atomic E-state index is 0.142. The van der Waals surface area contributed by atoms with E-state index in [0.717, 1.165) is 18.8 Å². The number of likely N-dealkylation sites (N-methyl/N-ethyl adjacent to an activating group) is 1. The summed E-state index contributed by atoms with van der Waals surface area (Å²) in [4.78, 5) is 5.28. The van der Waals surface area contributed by atoms with E-state index in [9.17, 15) is 0 Å². The number of rotatable bonds is 6. The van der Waals surface area contributed by atoms with Gasteiger partial charge < -0.3 is 10.0 Å². The number of aromatic nitrogens is 2. The minimum atomic E-state index is 0.142. The Balaban J connectivity index is 1.40. The molecular weight excluding hydrogens is 360 g/mol. The molecule has 2 aliphatic rings. The number of hydrogen-bond donors (Lipinski definition) is 1. The third-order valence-electron chi connectivity index (χ3n) is 7.12. The summed E-state index contributed by atoms with van der Waals surface area (Å²) in [6, 6.07) is 11.1. The van der Waals surface area contributed by atoms with E-state index in [1.165, 1.54) is 56.6 Å². The van der Waals surface area contributed by atoms with E-state index in [1.54, 1.807) is 0 Å². The highest BCUT2D eigenvalue weighted by molar-refractivity contribution is 5.22. The Morgan fingerprint density at radius 2 is 1.90 bits per heavy atom. The van der Waals surface area contributed by atoms with Crippen LogP contribution < -0.4 is 0 Å². The lowest BCUT2D eigenvalue weighted by molar-refractivity contribution is 0.0137. The number of nitrogens with zero attached hydrogens (tertiary/aromatic N) is 4. The van der Waals surface area contributed by atoms with E-state index in [4.69, 9.17) is 5.11 Å². The van der Waals surface area contributed by atoms with E-state index in [0.29, 0.717) is 17.9 Å². The highest BCUT2D eigenvalue weighted by atomic mass is 16.3. The van der Waals surface area contributed by atoms with Gasteiger partial charge in [0.25, 0.3) is 0 Å². The summed E-state index contributed by atoms with van der Waals surface area (Å²) in [7, 11) is 0. The van der Waals surface area contributed by atoms with Gasteiger partial charge in [0.05, 0.1) is 18.8 Å². The molecule has 0 aliphatic carbocycles. The van der Waals surface area contributed by atoms with Gasteiger partial charge in [-0.1, -0.05) is 37.3 Å². The standard InChI is InChI=1S/C24H36N4O/c1-3-26-16-22(21-7-5-4-6-8-21)15-24(19-26)9-11-27(12-10-24)17-23-18-28(13-14-29)25-20(23)2/h4-8,18,22,29H,3,9-17,19H2,1-2H3/t22-/m0/s1. The molecule has 4 rings (SSSR count). The summed E-state index contributed by atoms with van der Waals surface area (Å²) in [5.74, 6) is 0.662. The second-order valence-corrected chi connectivity index (χ2v) is 9.14. The molecule has 5 nitrogen and oxygen atoms in total. The normalized spacial score (nSPS) is 22.9. The molecule has 2 aromatic rings. The molecule has 0 amide bonds. The van der Waals surface area contributed by atoms with Gasteiger partial charge >= 0.3 is 0 Å². The first-order valence-electron chi connectivity index (χ1n) is 11.2. The molecule has 0 radical (unpaired) electrons. The van der Waals surface area contributed by atoms with Crippen LogP contribution in [0.15, 0.2) is 36.5 Å². The fourth-order valence-electron chi connectivity index (χ4n) is 5.41. The van der Waals surface area contributed by atoms with Crippen LogP contribution in [0.3, 0.4) is 0 Å². The minimum Gasteiger partial charge on any atom is -0.394 e. The fourth-order valence-corrected chi connectivity index (χ4v) is 5.41. The van der Waals surface area contributed by atoms with Crippen LogP contribution in [0.25, 0.3) is 0 Å². The summed E-state index contributed by atoms with van der Waals surface area (Å²) >= 11 is 0. The zero-order valence-electron chi connectivity index (χ0n) is 18.1. The average Bonchev–Trinajstić information content (AvgIpc) is 3.09. The fraction of sp³-hybridized carbons (Fsp3) is 0.625. The maximum Gasteiger partial charge on any atom is 0.0641 e. The van der Waals surface area contributed by atoms with Crippen LogP contribution in [0.4, 0.5) is 0 Å². The van der Waals surface area contributed by atoms with E-state index >= 15 is 0 Å². The zero-order chi connectivity index (χ0) is 20.3. The predicted octanol–water partition coefficient (Wildman–Crippen LogP) is 3.28. The number of piperidine rings is 2. The number of aliphatic hydroxyl groups excluding tert-OH is 1. The molecule has 158 valence electrons. The van der Waals surface area contributed by atoms with Crippen molar-refractivity contribution in [2.24, 2.45) is 5.41 Å². The van der Waals surface area contributed by atoms with E-state index in [1.807, 2.05) is 4.68 Å². The van der Waals surface area contributed by atoms with Gasteiger partial charge in [-0.05, 0) is 62.7 Å². The van der Waals surface area contributed by atoms with Crippen molar-refractivity contribution in [2.45, 2.75) is 52.1 Å². The molecule has 5 heteroatoms. The second kappa shape index (κ2) is 8.99. The van der Waals surface area contributed by atoms with Crippen LogP contribution in [0.1, 0.15) is 48.9 Å². The topological polar surface area (TPSA) is 44.5 Å². The smallest absolute Gasteiger partial charge is 0.0641 e. The van der Waals surface area contributed by atoms with Crippen LogP contribution >= 0.6 is 0 Å². The second-order valence-electron chi connectivity index (χ2n) is 9.14. The maximum absolute atomic E-state index is 9.15. The molecule has 1 N–H and O–H groups in total. The molecule has 0 unspecified atom stereocenters. The van der Waals surface area contributed by atoms with Crippen molar-refractivity contribution in [3.05, 3.63) is 53.3 Å². The van der Waals surface area contributed by atoms with Crippen molar-refractivity contribution in [1.29, 1.82) is 0 Å². The summed E-state index contributed by atoms with van der Waals surface area (Å²) in [6.45, 7) is 12.0. The quantitative estimate of drug-likeness (QED) is 0.814. The Morgan fingerprint density at radius 1 is 1.14 bits per heavy atom. The highest BCUT2D eigenvalue weighted by Gasteiger charge is 2.41. The molecule has 2 aliphatic heterocycles. The van der Waals surface area contributed by atoms with Crippen molar-refractivity contribution in [3.8, 4) is 0 Å². The van der Waals surface area contributed by atoms with Gasteiger partial charge in [0.2, 0.25) is 0 Å². The van der Waals surface area contributed by atoms with Crippen molar-refractivity contribution < 1.29 is 5.11 Å². The van der Waals surface area contributed by atoms with Gasteiger partial charge in [-0.3, -0.25) is 9.58 Å². The van der Waals surface area contributed by atoms with Crippen LogP contribution in [0.5, 0.6) is 0 Å². The highest BCUT2D eigenvalue weighted by Crippen LogP contribution is 2.45. The first-order chi connectivity index (χ1) is 14.1. The van der Waals surface area contributed by atoms with Crippen LogP contribution in [-0.4, -0.2) is 64.0 Å². The largest absolute Gasteiger partial charge is 0.394 e. The van der Waals surface area contributed by atoms with Gasteiger partial charge in [-0.2, -0.15) is 5.10 Å². The summed E-state index contributed by atoms with van der Waals surface area (Å²) in [6.07, 6.45) is 6.02. The van der Waals surface area contributed by atoms with Crippen molar-refractivity contribution in [1.82, 2.24) is 19.6 Å². The Morgan fingerprint density at radius 3 is 2.59 bits per heavy atom.